The van der Waals surface area contributed by atoms with Gasteiger partial charge in [-0.15, -0.1) is 0 Å². The van der Waals surface area contributed by atoms with Crippen LogP contribution in [0.15, 0.2) is 35.3 Å². The van der Waals surface area contributed by atoms with E-state index in [0.717, 1.165) is 29.9 Å². The van der Waals surface area contributed by atoms with Crippen molar-refractivity contribution in [3.05, 3.63) is 47.0 Å². The Morgan fingerprint density at radius 2 is 1.97 bits per heavy atom. The topological polar surface area (TPSA) is 109 Å². The van der Waals surface area contributed by atoms with Gasteiger partial charge >= 0.3 is 0 Å². The van der Waals surface area contributed by atoms with Gasteiger partial charge in [-0.3, -0.25) is 15.6 Å². The fraction of sp³-hybridized carbons (Fsp3) is 0.417. The van der Waals surface area contributed by atoms with E-state index in [-0.39, 0.29) is 22.8 Å². The van der Waals surface area contributed by atoms with Crippen molar-refractivity contribution in [1.82, 2.24) is 4.90 Å². The molecule has 1 unspecified atom stereocenters. The fourth-order valence-electron chi connectivity index (χ4n) is 5.52. The van der Waals surface area contributed by atoms with Gasteiger partial charge in [-0.2, -0.15) is 0 Å². The largest absolute Gasteiger partial charge is 0.397 e. The highest BCUT2D eigenvalue weighted by Crippen LogP contribution is 2.57. The lowest BCUT2D eigenvalue weighted by Crippen LogP contribution is -2.64. The zero-order valence-electron chi connectivity index (χ0n) is 18.7. The van der Waals surface area contributed by atoms with Gasteiger partial charge in [0.05, 0.1) is 22.7 Å². The molecule has 7 nitrogen and oxygen atoms in total. The third kappa shape index (κ3) is 2.98. The van der Waals surface area contributed by atoms with Crippen LogP contribution in [0.5, 0.6) is 0 Å². The van der Waals surface area contributed by atoms with E-state index in [1.54, 1.807) is 0 Å². The van der Waals surface area contributed by atoms with E-state index in [1.165, 1.54) is 11.1 Å². The minimum Gasteiger partial charge on any atom is -0.397 e. The van der Waals surface area contributed by atoms with E-state index < -0.39 is 0 Å². The highest BCUT2D eigenvalue weighted by atomic mass is 16.2. The van der Waals surface area contributed by atoms with Crippen molar-refractivity contribution < 1.29 is 4.79 Å². The summed E-state index contributed by atoms with van der Waals surface area (Å²) in [6.07, 6.45) is 1.64. The van der Waals surface area contributed by atoms with E-state index in [0.29, 0.717) is 17.8 Å². The van der Waals surface area contributed by atoms with Crippen molar-refractivity contribution in [3.63, 3.8) is 0 Å². The number of nitrogens with two attached hydrogens (primary N) is 2. The van der Waals surface area contributed by atoms with Gasteiger partial charge in [0.25, 0.3) is 5.91 Å². The molecule has 164 valence electrons. The molecule has 7 heteroatoms. The molecule has 1 aliphatic heterocycles. The predicted octanol–water partition coefficient (Wildman–Crippen LogP) is 3.68. The summed E-state index contributed by atoms with van der Waals surface area (Å²) < 4.78 is 0. The van der Waals surface area contributed by atoms with Gasteiger partial charge in [0.15, 0.2) is 0 Å². The summed E-state index contributed by atoms with van der Waals surface area (Å²) in [6, 6.07) is 9.72. The Balaban J connectivity index is 1.76. The van der Waals surface area contributed by atoms with E-state index >= 15 is 0 Å². The molecule has 0 saturated carbocycles. The molecule has 2 aromatic carbocycles. The molecular formula is C24H32N6O. The number of benzene rings is 2. The van der Waals surface area contributed by atoms with Crippen LogP contribution in [0.4, 0.5) is 22.7 Å². The number of rotatable bonds is 4. The standard InChI is InChI=1S/C24H32N6O/c1-23(2)21-12-15-10-17(25)19(29-26)13-16(15)24(23,3)8-9-30(21)22(31)14-6-7-18(27-4)20(11-14)28-5/h6-7,10-11,13,21,28-29H,4,8-9,12,25-26H2,1-3,5H3/t21?,24-/m0/s1. The lowest BCUT2D eigenvalue weighted by molar-refractivity contribution is -0.0261. The van der Waals surface area contributed by atoms with Crippen LogP contribution in [-0.4, -0.2) is 37.2 Å². The molecule has 0 radical (unpaired) electrons. The van der Waals surface area contributed by atoms with E-state index in [1.807, 2.05) is 36.2 Å². The molecule has 0 spiro atoms. The summed E-state index contributed by atoms with van der Waals surface area (Å²) in [5, 5.41) is 3.11. The summed E-state index contributed by atoms with van der Waals surface area (Å²) in [6.45, 7) is 11.2. The van der Waals surface area contributed by atoms with Crippen molar-refractivity contribution in [3.8, 4) is 0 Å². The Hall–Kier alpha value is -3.06. The van der Waals surface area contributed by atoms with E-state index in [4.69, 9.17) is 11.6 Å². The maximum atomic E-state index is 13.6. The van der Waals surface area contributed by atoms with Gasteiger partial charge in [0.1, 0.15) is 0 Å². The molecular weight excluding hydrogens is 388 g/mol. The van der Waals surface area contributed by atoms with Gasteiger partial charge in [-0.05, 0) is 66.4 Å². The highest BCUT2D eigenvalue weighted by Gasteiger charge is 2.57. The Kier molecular flexibility index (Phi) is 4.97. The molecule has 1 fully saturated rings. The molecule has 1 amide bonds. The normalized spacial score (nSPS) is 23.6. The van der Waals surface area contributed by atoms with Crippen molar-refractivity contribution in [2.75, 3.05) is 30.1 Å². The number of likely N-dealkylation sites (tertiary alicyclic amines) is 1. The maximum Gasteiger partial charge on any atom is 0.254 e. The molecule has 1 heterocycles. The number of carbonyl (C=O) groups excluding carboxylic acids is 1. The van der Waals surface area contributed by atoms with E-state index in [9.17, 15) is 4.79 Å². The van der Waals surface area contributed by atoms with Crippen LogP contribution in [0.3, 0.4) is 0 Å². The number of hydrogen-bond donors (Lipinski definition) is 4. The average molecular weight is 421 g/mol. The number of hydrogen-bond acceptors (Lipinski definition) is 6. The van der Waals surface area contributed by atoms with E-state index in [2.05, 4.69) is 49.3 Å². The maximum absolute atomic E-state index is 13.6. The first-order valence-corrected chi connectivity index (χ1v) is 10.7. The first-order valence-electron chi connectivity index (χ1n) is 10.7. The van der Waals surface area contributed by atoms with Crippen LogP contribution in [0.1, 0.15) is 48.7 Å². The molecule has 2 aliphatic rings. The third-order valence-electron chi connectivity index (χ3n) is 7.87. The number of nitrogens with one attached hydrogen (secondary N) is 2. The van der Waals surface area contributed by atoms with Crippen molar-refractivity contribution >= 4 is 35.4 Å². The van der Waals surface area contributed by atoms with Crippen LogP contribution < -0.4 is 22.3 Å². The molecule has 4 rings (SSSR count). The lowest BCUT2D eigenvalue weighted by atomic mass is 9.51. The Bertz CT molecular complexity index is 1060. The number of carbonyl (C=O) groups is 1. The number of hydrazine groups is 1. The molecule has 6 N–H and O–H groups in total. The second-order valence-corrected chi connectivity index (χ2v) is 9.40. The summed E-state index contributed by atoms with van der Waals surface area (Å²) >= 11 is 0. The molecule has 2 aromatic rings. The van der Waals surface area contributed by atoms with Crippen LogP contribution in [0, 0.1) is 5.41 Å². The fourth-order valence-corrected chi connectivity index (χ4v) is 5.52. The van der Waals surface area contributed by atoms with Gasteiger partial charge in [0.2, 0.25) is 0 Å². The Labute approximate surface area is 183 Å². The zero-order valence-corrected chi connectivity index (χ0v) is 18.7. The van der Waals surface area contributed by atoms with Crippen molar-refractivity contribution in [2.24, 2.45) is 16.3 Å². The van der Waals surface area contributed by atoms with Gasteiger partial charge in [0, 0.05) is 30.6 Å². The molecule has 31 heavy (non-hydrogen) atoms. The number of nitrogen functional groups attached to an aromatic ring is 2. The second kappa shape index (κ2) is 7.27. The van der Waals surface area contributed by atoms with Crippen LogP contribution in [-0.2, 0) is 11.8 Å². The lowest BCUT2D eigenvalue weighted by Gasteiger charge is -2.61. The molecule has 1 aliphatic carbocycles. The minimum absolute atomic E-state index is 0.0453. The quantitative estimate of drug-likeness (QED) is 0.261. The predicted molar refractivity (Wildman–Crippen MR) is 128 cm³/mol. The van der Waals surface area contributed by atoms with Gasteiger partial charge < -0.3 is 21.4 Å². The molecule has 2 atom stereocenters. The monoisotopic (exact) mass is 420 g/mol. The number of amides is 1. The Morgan fingerprint density at radius 1 is 1.23 bits per heavy atom. The number of anilines is 3. The smallest absolute Gasteiger partial charge is 0.254 e. The number of piperidine rings is 1. The van der Waals surface area contributed by atoms with Gasteiger partial charge in [-0.1, -0.05) is 20.8 Å². The zero-order chi connectivity index (χ0) is 22.6. The summed E-state index contributed by atoms with van der Waals surface area (Å²) in [4.78, 5) is 19.7. The molecule has 1 saturated heterocycles. The van der Waals surface area contributed by atoms with Crippen LogP contribution in [0.2, 0.25) is 0 Å². The van der Waals surface area contributed by atoms with Crippen LogP contribution >= 0.6 is 0 Å². The summed E-state index contributed by atoms with van der Waals surface area (Å²) in [5.41, 5.74) is 14.8. The highest BCUT2D eigenvalue weighted by molar-refractivity contribution is 5.96. The Morgan fingerprint density at radius 3 is 2.61 bits per heavy atom. The van der Waals surface area contributed by atoms with Crippen LogP contribution in [0.25, 0.3) is 0 Å². The number of nitrogens with zero attached hydrogens (tertiary/aromatic N) is 2. The second-order valence-electron chi connectivity index (χ2n) is 9.40. The summed E-state index contributed by atoms with van der Waals surface area (Å²) in [5.74, 6) is 5.74. The number of aliphatic imine (C=N–C) groups is 1. The molecule has 2 bridgehead atoms. The third-order valence-corrected chi connectivity index (χ3v) is 7.87. The summed E-state index contributed by atoms with van der Waals surface area (Å²) in [7, 11) is 1.82. The van der Waals surface area contributed by atoms with Gasteiger partial charge in [-0.25, -0.2) is 0 Å². The first kappa shape index (κ1) is 21.2. The first-order chi connectivity index (χ1) is 14.7. The SMILES string of the molecule is C=Nc1ccc(C(=O)N2CC[C@@]3(C)c4cc(NN)c(N)cc4CC2C3(C)C)cc1NC. The van der Waals surface area contributed by atoms with Crippen molar-refractivity contribution in [1.29, 1.82) is 0 Å². The molecule has 0 aromatic heterocycles. The van der Waals surface area contributed by atoms with Crippen molar-refractivity contribution in [2.45, 2.75) is 45.1 Å². The minimum atomic E-state index is -0.121. The number of fused-ring (bicyclic) bond motifs is 4. The average Bonchev–Trinajstić information content (AvgIpc) is 2.75.